The Labute approximate surface area is 144 Å². The second-order valence-corrected chi connectivity index (χ2v) is 5.67. The standard InChI is InChI=1S/C18H17N3O4/c1-10-7-13(9-15-16(22)20-18(24)19-15)11(2)21(10)14-6-4-5-12(8-14)17(23)25-3/h4-9H,1-3H3,(H2,19,20,22,24)/b15-9+. The molecule has 1 aromatic carbocycles. The van der Waals surface area contributed by atoms with Crippen LogP contribution in [0, 0.1) is 13.8 Å². The Morgan fingerprint density at radius 3 is 2.56 bits per heavy atom. The number of carbonyl (C=O) groups is 3. The fourth-order valence-corrected chi connectivity index (χ4v) is 2.86. The van der Waals surface area contributed by atoms with Crippen LogP contribution in [0.15, 0.2) is 36.0 Å². The first-order valence-corrected chi connectivity index (χ1v) is 7.62. The number of urea groups is 1. The molecule has 0 spiro atoms. The molecule has 1 aromatic heterocycles. The van der Waals surface area contributed by atoms with Crippen molar-refractivity contribution in [1.29, 1.82) is 0 Å². The summed E-state index contributed by atoms with van der Waals surface area (Å²) < 4.78 is 6.73. The SMILES string of the molecule is COC(=O)c1cccc(-n2c(C)cc(/C=C3/NC(=O)NC3=O)c2C)c1. The summed E-state index contributed by atoms with van der Waals surface area (Å²) in [5.74, 6) is -0.862. The summed E-state index contributed by atoms with van der Waals surface area (Å²) in [5, 5.41) is 4.64. The van der Waals surface area contributed by atoms with Gasteiger partial charge in [-0.3, -0.25) is 10.1 Å². The van der Waals surface area contributed by atoms with Crippen LogP contribution in [0.5, 0.6) is 0 Å². The van der Waals surface area contributed by atoms with Gasteiger partial charge < -0.3 is 14.6 Å². The summed E-state index contributed by atoms with van der Waals surface area (Å²) in [5.41, 5.74) is 4.07. The number of esters is 1. The van der Waals surface area contributed by atoms with Gasteiger partial charge in [-0.05, 0) is 49.8 Å². The molecule has 1 saturated heterocycles. The zero-order valence-corrected chi connectivity index (χ0v) is 14.0. The molecule has 0 bridgehead atoms. The number of carbonyl (C=O) groups excluding carboxylic acids is 3. The van der Waals surface area contributed by atoms with Crippen molar-refractivity contribution >= 4 is 24.0 Å². The summed E-state index contributed by atoms with van der Waals surface area (Å²) >= 11 is 0. The van der Waals surface area contributed by atoms with Gasteiger partial charge in [0.05, 0.1) is 12.7 Å². The highest BCUT2D eigenvalue weighted by Gasteiger charge is 2.23. The van der Waals surface area contributed by atoms with Crippen LogP contribution in [0.3, 0.4) is 0 Å². The van der Waals surface area contributed by atoms with Crippen molar-refractivity contribution in [2.45, 2.75) is 13.8 Å². The van der Waals surface area contributed by atoms with E-state index in [9.17, 15) is 14.4 Å². The molecular weight excluding hydrogens is 322 g/mol. The maximum absolute atomic E-state index is 11.7. The van der Waals surface area contributed by atoms with Gasteiger partial charge in [0.25, 0.3) is 5.91 Å². The first-order chi connectivity index (χ1) is 11.9. The minimum Gasteiger partial charge on any atom is -0.465 e. The Bertz CT molecular complexity index is 924. The molecule has 2 N–H and O–H groups in total. The van der Waals surface area contributed by atoms with Crippen LogP contribution < -0.4 is 10.6 Å². The molecule has 0 radical (unpaired) electrons. The normalized spacial score (nSPS) is 15.2. The van der Waals surface area contributed by atoms with E-state index in [-0.39, 0.29) is 5.70 Å². The molecule has 25 heavy (non-hydrogen) atoms. The number of nitrogens with zero attached hydrogens (tertiary/aromatic N) is 1. The number of hydrogen-bond donors (Lipinski definition) is 2. The lowest BCUT2D eigenvalue weighted by molar-refractivity contribution is -0.115. The number of nitrogens with one attached hydrogen (secondary N) is 2. The van der Waals surface area contributed by atoms with Crippen LogP contribution in [0.4, 0.5) is 4.79 Å². The van der Waals surface area contributed by atoms with Gasteiger partial charge in [-0.2, -0.15) is 0 Å². The number of aromatic nitrogens is 1. The van der Waals surface area contributed by atoms with Crippen LogP contribution in [-0.2, 0) is 9.53 Å². The van der Waals surface area contributed by atoms with Gasteiger partial charge in [0.1, 0.15) is 5.70 Å². The highest BCUT2D eigenvalue weighted by molar-refractivity contribution is 6.14. The van der Waals surface area contributed by atoms with Crippen LogP contribution >= 0.6 is 0 Å². The average Bonchev–Trinajstić information content (AvgIpc) is 3.05. The highest BCUT2D eigenvalue weighted by atomic mass is 16.5. The van der Waals surface area contributed by atoms with Gasteiger partial charge in [0, 0.05) is 17.1 Å². The quantitative estimate of drug-likeness (QED) is 0.509. The third kappa shape index (κ3) is 3.03. The molecule has 3 rings (SSSR count). The number of methoxy groups -OCH3 is 1. The lowest BCUT2D eigenvalue weighted by Crippen LogP contribution is -2.22. The maximum Gasteiger partial charge on any atom is 0.337 e. The van der Waals surface area contributed by atoms with E-state index < -0.39 is 17.9 Å². The number of ether oxygens (including phenoxy) is 1. The molecule has 0 saturated carbocycles. The summed E-state index contributed by atoms with van der Waals surface area (Å²) in [4.78, 5) is 34.7. The molecule has 0 unspecified atom stereocenters. The van der Waals surface area contributed by atoms with E-state index in [0.717, 1.165) is 22.6 Å². The molecule has 2 aromatic rings. The van der Waals surface area contributed by atoms with Gasteiger partial charge in [-0.15, -0.1) is 0 Å². The van der Waals surface area contributed by atoms with Crippen molar-refractivity contribution in [3.63, 3.8) is 0 Å². The Morgan fingerprint density at radius 2 is 1.92 bits per heavy atom. The molecule has 1 aliphatic rings. The van der Waals surface area contributed by atoms with E-state index in [0.29, 0.717) is 5.56 Å². The van der Waals surface area contributed by atoms with Crippen LogP contribution in [0.2, 0.25) is 0 Å². The van der Waals surface area contributed by atoms with Crippen LogP contribution in [0.25, 0.3) is 11.8 Å². The average molecular weight is 339 g/mol. The molecule has 7 nitrogen and oxygen atoms in total. The number of benzene rings is 1. The minimum atomic E-state index is -0.532. The Hall–Kier alpha value is -3.35. The number of imide groups is 1. The van der Waals surface area contributed by atoms with Crippen LogP contribution in [0.1, 0.15) is 27.3 Å². The van der Waals surface area contributed by atoms with Gasteiger partial charge in [-0.1, -0.05) is 6.07 Å². The van der Waals surface area contributed by atoms with Crippen molar-refractivity contribution in [2.75, 3.05) is 7.11 Å². The summed E-state index contributed by atoms with van der Waals surface area (Å²) in [6, 6.07) is 8.47. The summed E-state index contributed by atoms with van der Waals surface area (Å²) in [6.07, 6.45) is 1.63. The highest BCUT2D eigenvalue weighted by Crippen LogP contribution is 2.23. The van der Waals surface area contributed by atoms with E-state index >= 15 is 0 Å². The Balaban J connectivity index is 2.04. The molecule has 7 heteroatoms. The van der Waals surface area contributed by atoms with Gasteiger partial charge in [-0.25, -0.2) is 9.59 Å². The zero-order valence-electron chi connectivity index (χ0n) is 14.0. The van der Waals surface area contributed by atoms with E-state index in [1.807, 2.05) is 30.5 Å². The summed E-state index contributed by atoms with van der Waals surface area (Å²) in [7, 11) is 1.34. The molecular formula is C18H17N3O4. The summed E-state index contributed by atoms with van der Waals surface area (Å²) in [6.45, 7) is 3.83. The molecule has 1 fully saturated rings. The largest absolute Gasteiger partial charge is 0.465 e. The van der Waals surface area contributed by atoms with Crippen LogP contribution in [-0.4, -0.2) is 29.6 Å². The Morgan fingerprint density at radius 1 is 1.16 bits per heavy atom. The lowest BCUT2D eigenvalue weighted by Gasteiger charge is -2.11. The smallest absolute Gasteiger partial charge is 0.337 e. The van der Waals surface area contributed by atoms with Crippen molar-refractivity contribution in [3.8, 4) is 5.69 Å². The van der Waals surface area contributed by atoms with Gasteiger partial charge >= 0.3 is 12.0 Å². The van der Waals surface area contributed by atoms with E-state index in [1.54, 1.807) is 24.3 Å². The molecule has 2 heterocycles. The number of aryl methyl sites for hydroxylation is 1. The van der Waals surface area contributed by atoms with Crippen molar-refractivity contribution in [2.24, 2.45) is 0 Å². The minimum absolute atomic E-state index is 0.202. The third-order valence-corrected chi connectivity index (χ3v) is 4.02. The van der Waals surface area contributed by atoms with Crippen molar-refractivity contribution < 1.29 is 19.1 Å². The monoisotopic (exact) mass is 339 g/mol. The number of hydrogen-bond acceptors (Lipinski definition) is 4. The molecule has 0 atom stereocenters. The zero-order chi connectivity index (χ0) is 18.1. The topological polar surface area (TPSA) is 89.4 Å². The lowest BCUT2D eigenvalue weighted by atomic mass is 10.2. The predicted octanol–water partition coefficient (Wildman–Crippen LogP) is 2.06. The van der Waals surface area contributed by atoms with Gasteiger partial charge in [0.15, 0.2) is 0 Å². The second kappa shape index (κ2) is 6.27. The van der Waals surface area contributed by atoms with Gasteiger partial charge in [0.2, 0.25) is 0 Å². The molecule has 128 valence electrons. The van der Waals surface area contributed by atoms with E-state index in [2.05, 4.69) is 10.6 Å². The maximum atomic E-state index is 11.7. The first kappa shape index (κ1) is 16.5. The fourth-order valence-electron chi connectivity index (χ4n) is 2.86. The van der Waals surface area contributed by atoms with Crippen molar-refractivity contribution in [1.82, 2.24) is 15.2 Å². The van der Waals surface area contributed by atoms with Crippen molar-refractivity contribution in [3.05, 3.63) is 58.5 Å². The van der Waals surface area contributed by atoms with E-state index in [4.69, 9.17) is 4.74 Å². The third-order valence-electron chi connectivity index (χ3n) is 4.02. The second-order valence-electron chi connectivity index (χ2n) is 5.67. The first-order valence-electron chi connectivity index (χ1n) is 7.62. The molecule has 0 aliphatic carbocycles. The Kier molecular flexibility index (Phi) is 4.14. The molecule has 1 aliphatic heterocycles. The number of rotatable bonds is 3. The molecule has 3 amide bonds. The predicted molar refractivity (Wildman–Crippen MR) is 91.2 cm³/mol. The van der Waals surface area contributed by atoms with E-state index in [1.165, 1.54) is 7.11 Å². The fraction of sp³-hybridized carbons (Fsp3) is 0.167. The number of amides is 3.